The van der Waals surface area contributed by atoms with Crippen molar-refractivity contribution in [2.75, 3.05) is 6.79 Å². The number of hydrogen-bond acceptors (Lipinski definition) is 4. The van der Waals surface area contributed by atoms with Crippen molar-refractivity contribution in [1.82, 2.24) is 5.32 Å². The average Bonchev–Trinajstić information content (AvgIpc) is 2.95. The number of carbonyl (C=O) groups is 2. The summed E-state index contributed by atoms with van der Waals surface area (Å²) in [6, 6.07) is 5.65. The summed E-state index contributed by atoms with van der Waals surface area (Å²) in [6.07, 6.45) is 4.07. The van der Waals surface area contributed by atoms with Crippen LogP contribution in [0.4, 0.5) is 4.79 Å². The molecule has 1 aliphatic carbocycles. The maximum atomic E-state index is 12.1. The molecule has 3 N–H and O–H groups in total. The van der Waals surface area contributed by atoms with E-state index < -0.39 is 6.16 Å². The molecule has 1 fully saturated rings. The average molecular weight is 309 g/mol. The Morgan fingerprint density at radius 1 is 1.05 bits per heavy atom. The van der Waals surface area contributed by atoms with Gasteiger partial charge in [0.05, 0.1) is 0 Å². The van der Waals surface area contributed by atoms with Crippen LogP contribution in [0.25, 0.3) is 0 Å². The first-order valence-electron chi connectivity index (χ1n) is 7.18. The number of benzene rings is 1. The normalized spacial score (nSPS) is 16.4. The zero-order chi connectivity index (χ0) is 15.9. The lowest BCUT2D eigenvalue weighted by Gasteiger charge is -2.22. The number of amides is 1. The number of ether oxygens (including phenoxy) is 2. The summed E-state index contributed by atoms with van der Waals surface area (Å²) in [5.74, 6) is 1.36. The lowest BCUT2D eigenvalue weighted by atomic mass is 9.95. The second-order valence-electron chi connectivity index (χ2n) is 5.16. The molecule has 120 valence electrons. The van der Waals surface area contributed by atoms with Gasteiger partial charge in [-0.1, -0.05) is 19.3 Å². The van der Waals surface area contributed by atoms with Gasteiger partial charge >= 0.3 is 6.16 Å². The molecule has 3 rings (SSSR count). The highest BCUT2D eigenvalue weighted by Gasteiger charge is 2.19. The number of hydrogen-bond donors (Lipinski definition) is 3. The van der Waals surface area contributed by atoms with Gasteiger partial charge in [0.25, 0.3) is 5.91 Å². The van der Waals surface area contributed by atoms with Gasteiger partial charge in [-0.05, 0) is 31.0 Å². The van der Waals surface area contributed by atoms with Crippen LogP contribution in [0.5, 0.6) is 11.5 Å². The zero-order valence-electron chi connectivity index (χ0n) is 12.1. The van der Waals surface area contributed by atoms with Crippen LogP contribution in [-0.2, 0) is 0 Å². The molecule has 7 heteroatoms. The molecule has 1 heterocycles. The summed E-state index contributed by atoms with van der Waals surface area (Å²) in [7, 11) is 0. The molecular formula is C15H19NO6. The summed E-state index contributed by atoms with van der Waals surface area (Å²) in [4.78, 5) is 20.7. The Bertz CT molecular complexity index is 535. The second-order valence-corrected chi connectivity index (χ2v) is 5.16. The predicted molar refractivity (Wildman–Crippen MR) is 77.6 cm³/mol. The molecule has 1 aromatic rings. The first-order valence-corrected chi connectivity index (χ1v) is 7.18. The summed E-state index contributed by atoms with van der Waals surface area (Å²) in [5, 5.41) is 17.0. The molecule has 0 bridgehead atoms. The molecule has 0 radical (unpaired) electrons. The first kappa shape index (κ1) is 15.9. The summed E-state index contributed by atoms with van der Waals surface area (Å²) >= 11 is 0. The maximum absolute atomic E-state index is 12.1. The predicted octanol–water partition coefficient (Wildman–Crippen LogP) is 2.70. The highest BCUT2D eigenvalue weighted by atomic mass is 16.7. The highest BCUT2D eigenvalue weighted by molar-refractivity contribution is 5.95. The number of nitrogens with one attached hydrogen (secondary N) is 1. The zero-order valence-corrected chi connectivity index (χ0v) is 12.1. The molecule has 22 heavy (non-hydrogen) atoms. The van der Waals surface area contributed by atoms with Gasteiger partial charge in [0.15, 0.2) is 11.5 Å². The van der Waals surface area contributed by atoms with Crippen LogP contribution in [0.1, 0.15) is 42.5 Å². The Balaban J connectivity index is 0.000000396. The second kappa shape index (κ2) is 7.53. The molecule has 0 unspecified atom stereocenters. The lowest BCUT2D eigenvalue weighted by molar-refractivity contribution is 0.0927. The van der Waals surface area contributed by atoms with Crippen LogP contribution in [0.2, 0.25) is 0 Å². The monoisotopic (exact) mass is 309 g/mol. The fourth-order valence-electron chi connectivity index (χ4n) is 2.55. The van der Waals surface area contributed by atoms with Crippen molar-refractivity contribution < 1.29 is 29.3 Å². The van der Waals surface area contributed by atoms with Gasteiger partial charge in [-0.15, -0.1) is 0 Å². The van der Waals surface area contributed by atoms with Crippen molar-refractivity contribution in [3.63, 3.8) is 0 Å². The number of carboxylic acid groups (broad SMARTS) is 2. The Labute approximate surface area is 127 Å². The number of fused-ring (bicyclic) bond motifs is 1. The molecule has 1 saturated carbocycles. The fourth-order valence-corrected chi connectivity index (χ4v) is 2.55. The summed E-state index contributed by atoms with van der Waals surface area (Å²) in [5.41, 5.74) is 0.643. The van der Waals surface area contributed by atoms with Crippen LogP contribution < -0.4 is 14.8 Å². The topological polar surface area (TPSA) is 105 Å². The summed E-state index contributed by atoms with van der Waals surface area (Å²) < 4.78 is 10.5. The molecule has 1 amide bonds. The third kappa shape index (κ3) is 4.54. The van der Waals surface area contributed by atoms with Crippen molar-refractivity contribution >= 4 is 12.1 Å². The van der Waals surface area contributed by atoms with Crippen LogP contribution in [0, 0.1) is 0 Å². The third-order valence-corrected chi connectivity index (χ3v) is 3.58. The van der Waals surface area contributed by atoms with Gasteiger partial charge < -0.3 is 25.0 Å². The van der Waals surface area contributed by atoms with Gasteiger partial charge in [-0.3, -0.25) is 4.79 Å². The van der Waals surface area contributed by atoms with E-state index in [1.165, 1.54) is 19.3 Å². The smallest absolute Gasteiger partial charge is 0.454 e. The molecule has 0 saturated heterocycles. The van der Waals surface area contributed by atoms with Crippen molar-refractivity contribution in [2.24, 2.45) is 0 Å². The Morgan fingerprint density at radius 3 is 2.36 bits per heavy atom. The van der Waals surface area contributed by atoms with Gasteiger partial charge in [0.2, 0.25) is 6.79 Å². The van der Waals surface area contributed by atoms with E-state index in [1.54, 1.807) is 18.2 Å². The highest BCUT2D eigenvalue weighted by Crippen LogP contribution is 2.32. The number of carbonyl (C=O) groups excluding carboxylic acids is 1. The van der Waals surface area contributed by atoms with Crippen LogP contribution in [0.3, 0.4) is 0 Å². The molecule has 2 aliphatic rings. The Kier molecular flexibility index (Phi) is 5.46. The van der Waals surface area contributed by atoms with Gasteiger partial charge in [0, 0.05) is 11.6 Å². The van der Waals surface area contributed by atoms with E-state index in [2.05, 4.69) is 5.32 Å². The lowest BCUT2D eigenvalue weighted by Crippen LogP contribution is -2.36. The maximum Gasteiger partial charge on any atom is 0.503 e. The largest absolute Gasteiger partial charge is 0.503 e. The van der Waals surface area contributed by atoms with Gasteiger partial charge in [-0.25, -0.2) is 4.79 Å². The van der Waals surface area contributed by atoms with Crippen molar-refractivity contribution in [2.45, 2.75) is 38.1 Å². The van der Waals surface area contributed by atoms with Crippen molar-refractivity contribution in [3.8, 4) is 11.5 Å². The Morgan fingerprint density at radius 2 is 1.68 bits per heavy atom. The molecule has 0 spiro atoms. The van der Waals surface area contributed by atoms with E-state index >= 15 is 0 Å². The minimum absolute atomic E-state index is 0.0137. The van der Waals surface area contributed by atoms with E-state index in [0.29, 0.717) is 23.1 Å². The van der Waals surface area contributed by atoms with E-state index in [4.69, 9.17) is 24.5 Å². The molecule has 0 aromatic heterocycles. The fraction of sp³-hybridized carbons (Fsp3) is 0.467. The minimum atomic E-state index is -1.83. The quantitative estimate of drug-likeness (QED) is 0.775. The molecule has 1 aliphatic heterocycles. The van der Waals surface area contributed by atoms with E-state index in [0.717, 1.165) is 12.8 Å². The van der Waals surface area contributed by atoms with Gasteiger partial charge in [-0.2, -0.15) is 0 Å². The first-order chi connectivity index (χ1) is 10.6. The van der Waals surface area contributed by atoms with Gasteiger partial charge in [0.1, 0.15) is 0 Å². The number of rotatable bonds is 2. The van der Waals surface area contributed by atoms with Crippen LogP contribution in [0.15, 0.2) is 18.2 Å². The van der Waals surface area contributed by atoms with E-state index in [9.17, 15) is 4.79 Å². The van der Waals surface area contributed by atoms with Crippen molar-refractivity contribution in [1.29, 1.82) is 0 Å². The van der Waals surface area contributed by atoms with E-state index in [1.807, 2.05) is 0 Å². The van der Waals surface area contributed by atoms with E-state index in [-0.39, 0.29) is 12.7 Å². The standard InChI is InChI=1S/C14H17NO3.CH2O3/c16-14(15-11-4-2-1-3-5-11)10-6-7-12-13(8-10)18-9-17-12;2-1(3)4/h6-8,11H,1-5,9H2,(H,15,16);(H2,2,3,4). The SMILES string of the molecule is O=C(NC1CCCCC1)c1ccc2c(c1)OCO2.O=C(O)O. The third-order valence-electron chi connectivity index (χ3n) is 3.58. The Hall–Kier alpha value is -2.44. The minimum Gasteiger partial charge on any atom is -0.454 e. The molecule has 1 aromatic carbocycles. The summed E-state index contributed by atoms with van der Waals surface area (Å²) in [6.45, 7) is 0.239. The molecule has 0 atom stereocenters. The van der Waals surface area contributed by atoms with Crippen LogP contribution >= 0.6 is 0 Å². The molecular weight excluding hydrogens is 290 g/mol. The van der Waals surface area contributed by atoms with Crippen molar-refractivity contribution in [3.05, 3.63) is 23.8 Å². The van der Waals surface area contributed by atoms with Crippen LogP contribution in [-0.4, -0.2) is 35.1 Å². The molecule has 7 nitrogen and oxygen atoms in total.